The molecule has 0 bridgehead atoms. The molecule has 33 heavy (non-hydrogen) atoms. The molecule has 1 unspecified atom stereocenters. The summed E-state index contributed by atoms with van der Waals surface area (Å²) in [5.74, 6) is -1.92. The molecule has 0 aromatic carbocycles. The van der Waals surface area contributed by atoms with E-state index in [9.17, 15) is 27.6 Å². The van der Waals surface area contributed by atoms with Crippen molar-refractivity contribution in [3.8, 4) is 0 Å². The van der Waals surface area contributed by atoms with Crippen LogP contribution in [0, 0.1) is 5.92 Å². The van der Waals surface area contributed by atoms with E-state index < -0.39 is 36.6 Å². The van der Waals surface area contributed by atoms with E-state index in [4.69, 9.17) is 4.11 Å². The molecule has 1 saturated carbocycles. The fourth-order valence-electron chi connectivity index (χ4n) is 3.14. The first-order chi connectivity index (χ1) is 16.8. The molecule has 0 radical (unpaired) electrons. The van der Waals surface area contributed by atoms with Gasteiger partial charge in [-0.05, 0) is 25.8 Å². The van der Waals surface area contributed by atoms with Crippen LogP contribution in [0.2, 0.25) is 0 Å². The van der Waals surface area contributed by atoms with Gasteiger partial charge in [0, 0.05) is 28.6 Å². The molecule has 3 N–H and O–H groups in total. The number of anilines is 3. The molecule has 3 heterocycles. The van der Waals surface area contributed by atoms with Crippen LogP contribution in [-0.2, 0) is 4.79 Å². The first kappa shape index (κ1) is 19.0. The number of aromatic nitrogens is 3. The number of hydrogen-bond acceptors (Lipinski definition) is 7. The van der Waals surface area contributed by atoms with Crippen LogP contribution in [0.1, 0.15) is 40.3 Å². The van der Waals surface area contributed by atoms with Crippen molar-refractivity contribution in [1.82, 2.24) is 20.1 Å². The smallest absolute Gasteiger partial charge is 0.355 e. The Morgan fingerprint density at radius 2 is 2.09 bits per heavy atom. The molecule has 174 valence electrons. The molecular formula is C20H19F3N6O3S. The number of alkyl halides is 3. The van der Waals surface area contributed by atoms with Gasteiger partial charge in [-0.3, -0.25) is 14.4 Å². The monoisotopic (exact) mass is 483 g/mol. The van der Waals surface area contributed by atoms with Crippen molar-refractivity contribution in [2.45, 2.75) is 32.0 Å². The highest BCUT2D eigenvalue weighted by atomic mass is 32.1. The van der Waals surface area contributed by atoms with Gasteiger partial charge in [0.25, 0.3) is 11.5 Å². The SMILES string of the molecule is [2H]C([2H])([2H])NC(=O)c1c(Nc2csc3cnn(C(C)C(F)(F)F)c(=O)c23)ccnc1NC(=O)C1CC1. The summed E-state index contributed by atoms with van der Waals surface area (Å²) >= 11 is 1.03. The lowest BCUT2D eigenvalue weighted by molar-refractivity contribution is -0.166. The van der Waals surface area contributed by atoms with E-state index in [1.807, 2.05) is 5.32 Å². The molecule has 0 saturated heterocycles. The van der Waals surface area contributed by atoms with Gasteiger partial charge in [0.05, 0.1) is 27.7 Å². The average Bonchev–Trinajstić information content (AvgIpc) is 3.53. The van der Waals surface area contributed by atoms with E-state index in [-0.39, 0.29) is 38.8 Å². The van der Waals surface area contributed by atoms with Crippen LogP contribution in [0.15, 0.2) is 28.6 Å². The number of nitrogens with zero attached hydrogens (tertiary/aromatic N) is 3. The first-order valence-corrected chi connectivity index (χ1v) is 10.6. The molecule has 0 spiro atoms. The van der Waals surface area contributed by atoms with Crippen LogP contribution in [0.25, 0.3) is 10.1 Å². The zero-order chi connectivity index (χ0) is 26.4. The molecule has 1 fully saturated rings. The summed E-state index contributed by atoms with van der Waals surface area (Å²) in [4.78, 5) is 42.1. The highest BCUT2D eigenvalue weighted by molar-refractivity contribution is 7.17. The quantitative estimate of drug-likeness (QED) is 0.495. The molecule has 0 aliphatic heterocycles. The van der Waals surface area contributed by atoms with Gasteiger partial charge >= 0.3 is 6.18 Å². The number of nitrogens with one attached hydrogen (secondary N) is 3. The van der Waals surface area contributed by atoms with Gasteiger partial charge in [0.15, 0.2) is 0 Å². The normalized spacial score (nSPS) is 16.4. The molecule has 1 aliphatic carbocycles. The third-order valence-corrected chi connectivity index (χ3v) is 6.05. The summed E-state index contributed by atoms with van der Waals surface area (Å²) < 4.78 is 62.3. The molecule has 4 rings (SSSR count). The molecule has 2 amide bonds. The second-order valence-electron chi connectivity index (χ2n) is 7.43. The molecule has 1 atom stereocenters. The maximum atomic E-state index is 13.2. The predicted molar refractivity (Wildman–Crippen MR) is 117 cm³/mol. The number of amides is 2. The maximum Gasteiger partial charge on any atom is 0.410 e. The first-order valence-electron chi connectivity index (χ1n) is 11.2. The minimum atomic E-state index is -4.71. The topological polar surface area (TPSA) is 118 Å². The largest absolute Gasteiger partial charge is 0.410 e. The van der Waals surface area contributed by atoms with Crippen molar-refractivity contribution >= 4 is 50.4 Å². The highest BCUT2D eigenvalue weighted by Gasteiger charge is 2.39. The van der Waals surface area contributed by atoms with Crippen molar-refractivity contribution < 1.29 is 26.9 Å². The van der Waals surface area contributed by atoms with Crippen molar-refractivity contribution in [2.24, 2.45) is 5.92 Å². The zero-order valence-corrected chi connectivity index (χ0v) is 17.8. The number of pyridine rings is 1. The van der Waals surface area contributed by atoms with Crippen LogP contribution >= 0.6 is 11.3 Å². The van der Waals surface area contributed by atoms with Crippen molar-refractivity contribution in [3.63, 3.8) is 0 Å². The highest BCUT2D eigenvalue weighted by Crippen LogP contribution is 2.35. The molecule has 13 heteroatoms. The standard InChI is InChI=1S/C20H19F3N6O3S/c1-9(20(21,22)23)29-19(32)14-12(8-33-13(14)7-26-29)27-11-5-6-25-16(15(11)18(31)24-2)28-17(30)10-3-4-10/h5-10H,3-4H2,1-2H3,(H,24,31)(H2,25,27,28,30)/i2D3. The number of hydrogen-bond donors (Lipinski definition) is 3. The third-order valence-electron chi connectivity index (χ3n) is 5.13. The van der Waals surface area contributed by atoms with Gasteiger partial charge < -0.3 is 16.0 Å². The lowest BCUT2D eigenvalue weighted by Crippen LogP contribution is -2.34. The fraction of sp³-hybridized carbons (Fsp3) is 0.350. The average molecular weight is 483 g/mol. The predicted octanol–water partition coefficient (Wildman–Crippen LogP) is 3.43. The van der Waals surface area contributed by atoms with Crippen LogP contribution in [-0.4, -0.2) is 39.7 Å². The van der Waals surface area contributed by atoms with Crippen LogP contribution in [0.3, 0.4) is 0 Å². The lowest BCUT2D eigenvalue weighted by Gasteiger charge is -2.17. The third kappa shape index (κ3) is 4.40. The number of thiophene rings is 1. The Balaban J connectivity index is 1.79. The Kier molecular flexibility index (Phi) is 4.88. The summed E-state index contributed by atoms with van der Waals surface area (Å²) in [6.07, 6.45) is -1.01. The Morgan fingerprint density at radius 1 is 1.33 bits per heavy atom. The van der Waals surface area contributed by atoms with Gasteiger partial charge in [-0.25, -0.2) is 9.67 Å². The van der Waals surface area contributed by atoms with Crippen molar-refractivity contribution in [3.05, 3.63) is 39.8 Å². The Hall–Kier alpha value is -3.48. The number of carbonyl (C=O) groups is 2. The van der Waals surface area contributed by atoms with E-state index in [2.05, 4.69) is 20.7 Å². The van der Waals surface area contributed by atoms with Gasteiger partial charge in [-0.2, -0.15) is 18.3 Å². The zero-order valence-electron chi connectivity index (χ0n) is 20.0. The summed E-state index contributed by atoms with van der Waals surface area (Å²) in [5, 5.41) is 12.1. The Labute approximate surface area is 193 Å². The Bertz CT molecular complexity index is 1400. The molecule has 3 aromatic rings. The van der Waals surface area contributed by atoms with Crippen molar-refractivity contribution in [1.29, 1.82) is 0 Å². The number of rotatable bonds is 6. The summed E-state index contributed by atoms with van der Waals surface area (Å²) in [6.45, 7) is -2.06. The van der Waals surface area contributed by atoms with E-state index in [0.717, 1.165) is 24.5 Å². The van der Waals surface area contributed by atoms with Crippen LogP contribution < -0.4 is 21.5 Å². The van der Waals surface area contributed by atoms with Crippen LogP contribution in [0.4, 0.5) is 30.4 Å². The minimum absolute atomic E-state index is 0.0239. The number of carbonyl (C=O) groups excluding carboxylic acids is 2. The molecule has 3 aromatic heterocycles. The number of fused-ring (bicyclic) bond motifs is 1. The van der Waals surface area contributed by atoms with Crippen LogP contribution in [0.5, 0.6) is 0 Å². The number of halogens is 3. The van der Waals surface area contributed by atoms with E-state index in [1.54, 1.807) is 0 Å². The summed E-state index contributed by atoms with van der Waals surface area (Å²) in [5.41, 5.74) is -1.28. The molecule has 9 nitrogen and oxygen atoms in total. The molecule has 1 aliphatic rings. The second-order valence-corrected chi connectivity index (χ2v) is 8.34. The van der Waals surface area contributed by atoms with Gasteiger partial charge in [-0.15, -0.1) is 11.3 Å². The maximum absolute atomic E-state index is 13.2. The van der Waals surface area contributed by atoms with E-state index in [0.29, 0.717) is 17.5 Å². The Morgan fingerprint density at radius 3 is 2.76 bits per heavy atom. The second kappa shape index (κ2) is 8.46. The fourth-order valence-corrected chi connectivity index (χ4v) is 3.98. The van der Waals surface area contributed by atoms with E-state index in [1.165, 1.54) is 17.6 Å². The van der Waals surface area contributed by atoms with Crippen molar-refractivity contribution in [2.75, 3.05) is 17.6 Å². The van der Waals surface area contributed by atoms with E-state index >= 15 is 0 Å². The van der Waals surface area contributed by atoms with Gasteiger partial charge in [0.1, 0.15) is 17.4 Å². The minimum Gasteiger partial charge on any atom is -0.355 e. The van der Waals surface area contributed by atoms with Gasteiger partial charge in [0.2, 0.25) is 5.91 Å². The lowest BCUT2D eigenvalue weighted by atomic mass is 10.1. The summed E-state index contributed by atoms with van der Waals surface area (Å²) in [6, 6.07) is -0.879. The molecular weight excluding hydrogens is 461 g/mol. The summed E-state index contributed by atoms with van der Waals surface area (Å²) in [7, 11) is 0. The van der Waals surface area contributed by atoms with Gasteiger partial charge in [-0.1, -0.05) is 0 Å².